The van der Waals surface area contributed by atoms with E-state index in [-0.39, 0.29) is 5.91 Å². The van der Waals surface area contributed by atoms with E-state index in [1.165, 1.54) is 0 Å². The minimum atomic E-state index is 0.203. The molecular weight excluding hydrogens is 266 g/mol. The summed E-state index contributed by atoms with van der Waals surface area (Å²) in [6.45, 7) is 6.75. The molecule has 0 aromatic heterocycles. The summed E-state index contributed by atoms with van der Waals surface area (Å²) in [7, 11) is 1.68. The number of piperazine rings is 1. The predicted octanol–water partition coefficient (Wildman–Crippen LogP) is 1.34. The molecule has 5 heteroatoms. The number of nitrogens with zero attached hydrogens (tertiary/aromatic N) is 2. The third-order valence-electron chi connectivity index (χ3n) is 3.75. The molecule has 116 valence electrons. The van der Waals surface area contributed by atoms with Crippen molar-refractivity contribution in [1.29, 1.82) is 0 Å². The molecule has 0 bridgehead atoms. The summed E-state index contributed by atoms with van der Waals surface area (Å²) >= 11 is 0. The van der Waals surface area contributed by atoms with Crippen LogP contribution in [0.5, 0.6) is 5.75 Å². The molecule has 0 aliphatic carbocycles. The van der Waals surface area contributed by atoms with E-state index in [2.05, 4.69) is 23.2 Å². The lowest BCUT2D eigenvalue weighted by Gasteiger charge is -2.36. The lowest BCUT2D eigenvalue weighted by molar-refractivity contribution is -0.130. The van der Waals surface area contributed by atoms with E-state index in [9.17, 15) is 4.79 Å². The molecule has 1 fully saturated rings. The number of amides is 1. The summed E-state index contributed by atoms with van der Waals surface area (Å²) in [5, 5.41) is 3.17. The van der Waals surface area contributed by atoms with Gasteiger partial charge in [0, 0.05) is 37.9 Å². The maximum atomic E-state index is 12.0. The van der Waals surface area contributed by atoms with Crippen molar-refractivity contribution < 1.29 is 9.53 Å². The summed E-state index contributed by atoms with van der Waals surface area (Å²) in [6.07, 6.45) is 1.05. The van der Waals surface area contributed by atoms with Crippen LogP contribution in [0.15, 0.2) is 24.3 Å². The summed E-state index contributed by atoms with van der Waals surface area (Å²) in [6, 6.07) is 8.08. The quantitative estimate of drug-likeness (QED) is 0.804. The fourth-order valence-corrected chi connectivity index (χ4v) is 2.51. The number of rotatable bonds is 6. The van der Waals surface area contributed by atoms with Crippen molar-refractivity contribution in [2.45, 2.75) is 13.3 Å². The molecule has 0 atom stereocenters. The Kier molecular flexibility index (Phi) is 5.87. The van der Waals surface area contributed by atoms with Gasteiger partial charge in [0.05, 0.1) is 13.7 Å². The normalized spacial score (nSPS) is 15.1. The molecule has 1 aromatic rings. The maximum Gasteiger partial charge on any atom is 0.236 e. The van der Waals surface area contributed by atoms with Crippen molar-refractivity contribution >= 4 is 11.6 Å². The number of anilines is 1. The van der Waals surface area contributed by atoms with Gasteiger partial charge in [0.1, 0.15) is 5.75 Å². The van der Waals surface area contributed by atoms with Crippen LogP contribution >= 0.6 is 0 Å². The Labute approximate surface area is 126 Å². The van der Waals surface area contributed by atoms with Gasteiger partial charge in [-0.3, -0.25) is 4.79 Å². The van der Waals surface area contributed by atoms with Gasteiger partial charge in [0.15, 0.2) is 0 Å². The minimum Gasteiger partial charge on any atom is -0.497 e. The Morgan fingerprint density at radius 1 is 1.29 bits per heavy atom. The van der Waals surface area contributed by atoms with Crippen LogP contribution in [-0.4, -0.2) is 57.2 Å². The first kappa shape index (κ1) is 15.6. The molecule has 0 radical (unpaired) electrons. The number of carbonyl (C=O) groups is 1. The first-order valence-corrected chi connectivity index (χ1v) is 7.62. The van der Waals surface area contributed by atoms with Gasteiger partial charge in [-0.05, 0) is 25.1 Å². The molecule has 1 aromatic carbocycles. The summed E-state index contributed by atoms with van der Waals surface area (Å²) in [4.78, 5) is 16.3. The fraction of sp³-hybridized carbons (Fsp3) is 0.562. The molecular formula is C16H25N3O2. The van der Waals surface area contributed by atoms with E-state index >= 15 is 0 Å². The van der Waals surface area contributed by atoms with Crippen LogP contribution in [0.1, 0.15) is 13.3 Å². The van der Waals surface area contributed by atoms with E-state index in [1.54, 1.807) is 7.11 Å². The number of hydrogen-bond donors (Lipinski definition) is 1. The number of nitrogens with one attached hydrogen (secondary N) is 1. The fourth-order valence-electron chi connectivity index (χ4n) is 2.51. The summed E-state index contributed by atoms with van der Waals surface area (Å²) in [5.41, 5.74) is 1.16. The lowest BCUT2D eigenvalue weighted by atomic mass is 10.2. The highest BCUT2D eigenvalue weighted by atomic mass is 16.5. The Hall–Kier alpha value is -1.75. The summed E-state index contributed by atoms with van der Waals surface area (Å²) < 4.78 is 5.26. The Morgan fingerprint density at radius 3 is 2.71 bits per heavy atom. The second kappa shape index (κ2) is 7.88. The van der Waals surface area contributed by atoms with Gasteiger partial charge in [0.2, 0.25) is 5.91 Å². The number of methoxy groups -OCH3 is 1. The SMILES string of the molecule is CCCNCC(=O)N1CCN(c2cccc(OC)c2)CC1. The smallest absolute Gasteiger partial charge is 0.236 e. The van der Waals surface area contributed by atoms with E-state index in [0.29, 0.717) is 6.54 Å². The second-order valence-electron chi connectivity index (χ2n) is 5.25. The largest absolute Gasteiger partial charge is 0.497 e. The van der Waals surface area contributed by atoms with Crippen molar-refractivity contribution in [1.82, 2.24) is 10.2 Å². The molecule has 5 nitrogen and oxygen atoms in total. The molecule has 1 amide bonds. The standard InChI is InChI=1S/C16H25N3O2/c1-3-7-17-13-16(20)19-10-8-18(9-11-19)14-5-4-6-15(12-14)21-2/h4-6,12,17H,3,7-11,13H2,1-2H3. The third-order valence-corrected chi connectivity index (χ3v) is 3.75. The molecule has 1 heterocycles. The highest BCUT2D eigenvalue weighted by Crippen LogP contribution is 2.22. The Bertz CT molecular complexity index is 457. The Balaban J connectivity index is 1.83. The van der Waals surface area contributed by atoms with Gasteiger partial charge in [-0.15, -0.1) is 0 Å². The molecule has 1 aliphatic heterocycles. The van der Waals surface area contributed by atoms with Crippen LogP contribution in [-0.2, 0) is 4.79 Å². The van der Waals surface area contributed by atoms with Crippen LogP contribution in [0, 0.1) is 0 Å². The van der Waals surface area contributed by atoms with E-state index < -0.39 is 0 Å². The monoisotopic (exact) mass is 291 g/mol. The van der Waals surface area contributed by atoms with Crippen molar-refractivity contribution in [3.63, 3.8) is 0 Å². The minimum absolute atomic E-state index is 0.203. The number of hydrogen-bond acceptors (Lipinski definition) is 4. The summed E-state index contributed by atoms with van der Waals surface area (Å²) in [5.74, 6) is 1.07. The van der Waals surface area contributed by atoms with Gasteiger partial charge < -0.3 is 19.9 Å². The van der Waals surface area contributed by atoms with Crippen LogP contribution in [0.4, 0.5) is 5.69 Å². The molecule has 1 saturated heterocycles. The van der Waals surface area contributed by atoms with Gasteiger partial charge in [-0.2, -0.15) is 0 Å². The van der Waals surface area contributed by atoms with E-state index in [1.807, 2.05) is 23.1 Å². The second-order valence-corrected chi connectivity index (χ2v) is 5.25. The maximum absolute atomic E-state index is 12.0. The highest BCUT2D eigenvalue weighted by Gasteiger charge is 2.20. The van der Waals surface area contributed by atoms with Crippen LogP contribution in [0.25, 0.3) is 0 Å². The van der Waals surface area contributed by atoms with E-state index in [4.69, 9.17) is 4.74 Å². The average Bonchev–Trinajstić information content (AvgIpc) is 2.55. The van der Waals surface area contributed by atoms with Gasteiger partial charge >= 0.3 is 0 Å². The average molecular weight is 291 g/mol. The molecule has 1 aliphatic rings. The van der Waals surface area contributed by atoms with Crippen molar-refractivity contribution in [2.24, 2.45) is 0 Å². The van der Waals surface area contributed by atoms with E-state index in [0.717, 1.165) is 50.6 Å². The molecule has 0 spiro atoms. The van der Waals surface area contributed by atoms with Gasteiger partial charge in [0.25, 0.3) is 0 Å². The Morgan fingerprint density at radius 2 is 2.05 bits per heavy atom. The third kappa shape index (κ3) is 4.36. The number of benzene rings is 1. The molecule has 0 unspecified atom stereocenters. The predicted molar refractivity (Wildman–Crippen MR) is 84.9 cm³/mol. The molecule has 1 N–H and O–H groups in total. The topological polar surface area (TPSA) is 44.8 Å². The zero-order valence-electron chi connectivity index (χ0n) is 13.0. The highest BCUT2D eigenvalue weighted by molar-refractivity contribution is 5.78. The molecule has 0 saturated carbocycles. The number of ether oxygens (including phenoxy) is 1. The number of carbonyl (C=O) groups excluding carboxylic acids is 1. The van der Waals surface area contributed by atoms with Crippen molar-refractivity contribution in [3.05, 3.63) is 24.3 Å². The zero-order chi connectivity index (χ0) is 15.1. The van der Waals surface area contributed by atoms with Crippen LogP contribution < -0.4 is 15.0 Å². The van der Waals surface area contributed by atoms with Gasteiger partial charge in [-0.25, -0.2) is 0 Å². The molecule has 2 rings (SSSR count). The van der Waals surface area contributed by atoms with Crippen LogP contribution in [0.3, 0.4) is 0 Å². The van der Waals surface area contributed by atoms with Crippen LogP contribution in [0.2, 0.25) is 0 Å². The molecule has 21 heavy (non-hydrogen) atoms. The van der Waals surface area contributed by atoms with Gasteiger partial charge in [-0.1, -0.05) is 13.0 Å². The van der Waals surface area contributed by atoms with Crippen molar-refractivity contribution in [2.75, 3.05) is 51.3 Å². The first-order chi connectivity index (χ1) is 10.2. The zero-order valence-corrected chi connectivity index (χ0v) is 13.0. The first-order valence-electron chi connectivity index (χ1n) is 7.62. The van der Waals surface area contributed by atoms with Crippen molar-refractivity contribution in [3.8, 4) is 5.75 Å². The lowest BCUT2D eigenvalue weighted by Crippen LogP contribution is -2.50.